The molecule has 3 amide bonds. The average Bonchev–Trinajstić information content (AvgIpc) is 3.96. The SMILES string of the molecule is CN(C)[C@@H](C(=O)N1CCC[C@H]1C(=O)Cc1ccc2oc(-c3ccc(NC(=O)[C@@H]4CCCN4C(=O)[C@@H](c4ccccc4)N(C)C)cc3)cc2c1)c1ccccc1. The van der Waals surface area contributed by atoms with E-state index in [1.54, 1.807) is 9.80 Å². The number of furan rings is 1. The Labute approximate surface area is 322 Å². The second-order valence-electron chi connectivity index (χ2n) is 15.1. The van der Waals surface area contributed by atoms with Gasteiger partial charge in [0.25, 0.3) is 0 Å². The van der Waals surface area contributed by atoms with Crippen LogP contribution >= 0.6 is 0 Å². The standard InChI is InChI=1S/C45H49N5O5/c1-47(2)41(32-13-7-5-8-14-32)44(53)49-25-11-17-36(49)38(51)28-30-19-24-39-34(27-30)29-40(55-39)31-20-22-35(23-21-31)46-43(52)37-18-12-26-50(37)45(54)42(48(3)4)33-15-9-6-10-16-33/h5-10,13-16,19-24,27,29,36-37,41-42H,11-12,17-18,25-26,28H2,1-4H3,(H,46,52)/t36-,37-,41+,42+/m0/s1. The van der Waals surface area contributed by atoms with E-state index in [-0.39, 0.29) is 29.9 Å². The van der Waals surface area contributed by atoms with Crippen LogP contribution in [0.4, 0.5) is 5.69 Å². The van der Waals surface area contributed by atoms with E-state index in [0.29, 0.717) is 43.0 Å². The van der Waals surface area contributed by atoms with Gasteiger partial charge in [0.2, 0.25) is 17.7 Å². The molecule has 4 aromatic carbocycles. The number of rotatable bonds is 12. The van der Waals surface area contributed by atoms with Gasteiger partial charge in [0, 0.05) is 36.1 Å². The summed E-state index contributed by atoms with van der Waals surface area (Å²) in [4.78, 5) is 62.1. The molecule has 2 fully saturated rings. The molecule has 0 bridgehead atoms. The first-order valence-corrected chi connectivity index (χ1v) is 19.1. The van der Waals surface area contributed by atoms with E-state index in [1.807, 2.05) is 147 Å². The van der Waals surface area contributed by atoms with Gasteiger partial charge in [-0.2, -0.15) is 0 Å². The molecule has 10 heteroatoms. The maximum absolute atomic E-state index is 13.8. The number of likely N-dealkylation sites (tertiary alicyclic amines) is 2. The summed E-state index contributed by atoms with van der Waals surface area (Å²) < 4.78 is 6.20. The Hall–Kier alpha value is -5.58. The summed E-state index contributed by atoms with van der Waals surface area (Å²) in [6.45, 7) is 1.11. The van der Waals surface area contributed by atoms with Crippen LogP contribution in [0.3, 0.4) is 0 Å². The quantitative estimate of drug-likeness (QED) is 0.151. The molecule has 0 aliphatic carbocycles. The normalized spacial score (nSPS) is 18.2. The van der Waals surface area contributed by atoms with Crippen molar-refractivity contribution in [2.45, 2.75) is 56.3 Å². The Morgan fingerprint density at radius 2 is 1.24 bits per heavy atom. The van der Waals surface area contributed by atoms with Gasteiger partial charge >= 0.3 is 0 Å². The molecule has 2 saturated heterocycles. The molecule has 1 N–H and O–H groups in total. The third kappa shape index (κ3) is 8.11. The molecule has 3 heterocycles. The maximum atomic E-state index is 13.8. The zero-order chi connectivity index (χ0) is 38.6. The first-order chi connectivity index (χ1) is 26.6. The largest absolute Gasteiger partial charge is 0.456 e. The van der Waals surface area contributed by atoms with Gasteiger partial charge in [-0.25, -0.2) is 0 Å². The number of anilines is 1. The molecule has 7 rings (SSSR count). The third-order valence-electron chi connectivity index (χ3n) is 10.9. The van der Waals surface area contributed by atoms with E-state index in [4.69, 9.17) is 4.42 Å². The van der Waals surface area contributed by atoms with Crippen LogP contribution in [-0.4, -0.2) is 96.5 Å². The number of nitrogens with one attached hydrogen (secondary N) is 1. The van der Waals surface area contributed by atoms with Gasteiger partial charge in [-0.15, -0.1) is 0 Å². The highest BCUT2D eigenvalue weighted by atomic mass is 16.3. The van der Waals surface area contributed by atoms with Crippen LogP contribution < -0.4 is 5.32 Å². The highest BCUT2D eigenvalue weighted by molar-refractivity contribution is 5.99. The number of carbonyl (C=O) groups excluding carboxylic acids is 4. The lowest BCUT2D eigenvalue weighted by Gasteiger charge is -2.31. The van der Waals surface area contributed by atoms with Crippen LogP contribution in [0.15, 0.2) is 114 Å². The van der Waals surface area contributed by atoms with Gasteiger partial charge in [-0.1, -0.05) is 66.7 Å². The van der Waals surface area contributed by atoms with Gasteiger partial charge in [-0.3, -0.25) is 29.0 Å². The minimum Gasteiger partial charge on any atom is -0.456 e. The van der Waals surface area contributed by atoms with Crippen molar-refractivity contribution in [3.63, 3.8) is 0 Å². The Morgan fingerprint density at radius 1 is 0.691 bits per heavy atom. The molecule has 10 nitrogen and oxygen atoms in total. The number of ketones is 1. The van der Waals surface area contributed by atoms with E-state index in [1.165, 1.54) is 0 Å². The van der Waals surface area contributed by atoms with Gasteiger partial charge in [0.15, 0.2) is 5.78 Å². The van der Waals surface area contributed by atoms with Crippen LogP contribution in [0, 0.1) is 0 Å². The molecule has 1 aromatic heterocycles. The molecule has 55 heavy (non-hydrogen) atoms. The van der Waals surface area contributed by atoms with E-state index in [2.05, 4.69) is 5.32 Å². The molecule has 0 unspecified atom stereocenters. The number of carbonyl (C=O) groups is 4. The predicted molar refractivity (Wildman–Crippen MR) is 214 cm³/mol. The zero-order valence-electron chi connectivity index (χ0n) is 32.0. The molecular formula is C45H49N5O5. The summed E-state index contributed by atoms with van der Waals surface area (Å²) in [6, 6.07) is 32.7. The van der Waals surface area contributed by atoms with Crippen molar-refractivity contribution in [2.24, 2.45) is 0 Å². The lowest BCUT2D eigenvalue weighted by Crippen LogP contribution is -2.47. The second-order valence-corrected chi connectivity index (χ2v) is 15.1. The summed E-state index contributed by atoms with van der Waals surface area (Å²) >= 11 is 0. The van der Waals surface area contributed by atoms with Crippen molar-refractivity contribution in [3.8, 4) is 11.3 Å². The molecule has 2 aliphatic heterocycles. The number of hydrogen-bond donors (Lipinski definition) is 1. The monoisotopic (exact) mass is 739 g/mol. The summed E-state index contributed by atoms with van der Waals surface area (Å²) in [6.07, 6.45) is 3.07. The summed E-state index contributed by atoms with van der Waals surface area (Å²) in [5.74, 6) is 0.391. The Balaban J connectivity index is 0.992. The van der Waals surface area contributed by atoms with Crippen LogP contribution in [0.2, 0.25) is 0 Å². The van der Waals surface area contributed by atoms with Crippen molar-refractivity contribution in [3.05, 3.63) is 126 Å². The summed E-state index contributed by atoms with van der Waals surface area (Å²) in [5, 5.41) is 3.91. The molecular weight excluding hydrogens is 691 g/mol. The predicted octanol–water partition coefficient (Wildman–Crippen LogP) is 6.74. The summed E-state index contributed by atoms with van der Waals surface area (Å²) in [5.41, 5.74) is 4.87. The Morgan fingerprint density at radius 3 is 1.80 bits per heavy atom. The van der Waals surface area contributed by atoms with Crippen LogP contribution in [0.25, 0.3) is 22.3 Å². The molecule has 0 radical (unpaired) electrons. The fraction of sp³-hybridized carbons (Fsp3) is 0.333. The molecule has 0 spiro atoms. The van der Waals surface area contributed by atoms with Crippen LogP contribution in [-0.2, 0) is 25.6 Å². The summed E-state index contributed by atoms with van der Waals surface area (Å²) in [7, 11) is 7.55. The molecule has 2 aliphatic rings. The van der Waals surface area contributed by atoms with Crippen LogP contribution in [0.1, 0.15) is 54.5 Å². The Bertz CT molecular complexity index is 2150. The number of benzene rings is 4. The van der Waals surface area contributed by atoms with Crippen molar-refractivity contribution in [2.75, 3.05) is 46.6 Å². The van der Waals surface area contributed by atoms with E-state index < -0.39 is 24.2 Å². The van der Waals surface area contributed by atoms with Gasteiger partial charge < -0.3 is 19.5 Å². The maximum Gasteiger partial charge on any atom is 0.247 e. The number of hydrogen-bond acceptors (Lipinski definition) is 7. The fourth-order valence-corrected chi connectivity index (χ4v) is 8.18. The zero-order valence-corrected chi connectivity index (χ0v) is 32.0. The highest BCUT2D eigenvalue weighted by Crippen LogP contribution is 2.32. The molecule has 0 saturated carbocycles. The van der Waals surface area contributed by atoms with Gasteiger partial charge in [0.1, 0.15) is 29.5 Å². The fourth-order valence-electron chi connectivity index (χ4n) is 8.18. The Kier molecular flexibility index (Phi) is 11.3. The average molecular weight is 740 g/mol. The number of amides is 3. The number of fused-ring (bicyclic) bond motifs is 1. The topological polar surface area (TPSA) is 106 Å². The smallest absolute Gasteiger partial charge is 0.247 e. The van der Waals surface area contributed by atoms with Gasteiger partial charge in [0.05, 0.1) is 6.04 Å². The van der Waals surface area contributed by atoms with Crippen molar-refractivity contribution in [1.82, 2.24) is 19.6 Å². The lowest BCUT2D eigenvalue weighted by molar-refractivity contribution is -0.141. The van der Waals surface area contributed by atoms with E-state index in [9.17, 15) is 19.2 Å². The molecule has 5 aromatic rings. The van der Waals surface area contributed by atoms with Crippen molar-refractivity contribution in [1.29, 1.82) is 0 Å². The number of likely N-dealkylation sites (N-methyl/N-ethyl adjacent to an activating group) is 2. The van der Waals surface area contributed by atoms with Crippen molar-refractivity contribution < 1.29 is 23.6 Å². The first-order valence-electron chi connectivity index (χ1n) is 19.1. The van der Waals surface area contributed by atoms with Crippen LogP contribution in [0.5, 0.6) is 0 Å². The number of Topliss-reactive ketones (excluding diaryl/α,β-unsaturated/α-hetero) is 1. The first kappa shape index (κ1) is 37.7. The van der Waals surface area contributed by atoms with Crippen molar-refractivity contribution >= 4 is 40.2 Å². The highest BCUT2D eigenvalue weighted by Gasteiger charge is 2.39. The van der Waals surface area contributed by atoms with E-state index >= 15 is 0 Å². The lowest BCUT2D eigenvalue weighted by atomic mass is 9.99. The second kappa shape index (κ2) is 16.4. The third-order valence-corrected chi connectivity index (χ3v) is 10.9. The van der Waals surface area contributed by atoms with Gasteiger partial charge in [-0.05, 0) is 113 Å². The molecule has 4 atom stereocenters. The van der Waals surface area contributed by atoms with E-state index in [0.717, 1.165) is 40.5 Å². The number of nitrogens with zero attached hydrogens (tertiary/aromatic N) is 4. The minimum absolute atomic E-state index is 0.0379. The minimum atomic E-state index is -0.545. The molecule has 284 valence electrons.